The molecule has 2 aliphatic rings. The van der Waals surface area contributed by atoms with Gasteiger partial charge in [-0.2, -0.15) is 0 Å². The SMILES string of the molecule is CC(C)NCc1occc1CN1CCCC2CCCC21. The summed E-state index contributed by atoms with van der Waals surface area (Å²) >= 11 is 0. The molecule has 2 atom stereocenters. The zero-order chi connectivity index (χ0) is 13.9. The fourth-order valence-corrected chi connectivity index (χ4v) is 3.93. The molecule has 1 aliphatic heterocycles. The lowest BCUT2D eigenvalue weighted by Crippen LogP contribution is -2.42. The van der Waals surface area contributed by atoms with Crippen molar-refractivity contribution in [3.63, 3.8) is 0 Å². The zero-order valence-electron chi connectivity index (χ0n) is 12.9. The van der Waals surface area contributed by atoms with Crippen molar-refractivity contribution in [1.29, 1.82) is 0 Å². The normalized spacial score (nSPS) is 27.1. The molecule has 2 fully saturated rings. The Labute approximate surface area is 122 Å². The summed E-state index contributed by atoms with van der Waals surface area (Å²) < 4.78 is 5.68. The lowest BCUT2D eigenvalue weighted by Gasteiger charge is -2.37. The highest BCUT2D eigenvalue weighted by molar-refractivity contribution is 5.17. The number of piperidine rings is 1. The van der Waals surface area contributed by atoms with Gasteiger partial charge in [0.25, 0.3) is 0 Å². The molecule has 0 amide bonds. The van der Waals surface area contributed by atoms with Crippen LogP contribution in [0.1, 0.15) is 57.3 Å². The first kappa shape index (κ1) is 14.2. The van der Waals surface area contributed by atoms with Crippen molar-refractivity contribution in [3.05, 3.63) is 23.7 Å². The molecule has 0 aromatic carbocycles. The number of nitrogens with one attached hydrogen (secondary N) is 1. The van der Waals surface area contributed by atoms with Crippen molar-refractivity contribution < 1.29 is 4.42 Å². The van der Waals surface area contributed by atoms with Crippen LogP contribution in [0.15, 0.2) is 16.7 Å². The summed E-state index contributed by atoms with van der Waals surface area (Å²) in [5.41, 5.74) is 1.38. The number of fused-ring (bicyclic) bond motifs is 1. The van der Waals surface area contributed by atoms with Gasteiger partial charge in [0.1, 0.15) is 5.76 Å². The molecule has 0 spiro atoms. The Hall–Kier alpha value is -0.800. The van der Waals surface area contributed by atoms with E-state index in [9.17, 15) is 0 Å². The Morgan fingerprint density at radius 1 is 1.30 bits per heavy atom. The van der Waals surface area contributed by atoms with Gasteiger partial charge in [0, 0.05) is 24.2 Å². The van der Waals surface area contributed by atoms with Crippen LogP contribution in [0, 0.1) is 5.92 Å². The average molecular weight is 276 g/mol. The summed E-state index contributed by atoms with van der Waals surface area (Å²) in [7, 11) is 0. The number of furan rings is 1. The van der Waals surface area contributed by atoms with Crippen LogP contribution in [-0.2, 0) is 13.1 Å². The molecule has 20 heavy (non-hydrogen) atoms. The maximum atomic E-state index is 5.68. The van der Waals surface area contributed by atoms with E-state index in [0.29, 0.717) is 6.04 Å². The van der Waals surface area contributed by atoms with Crippen molar-refractivity contribution in [2.24, 2.45) is 5.92 Å². The largest absolute Gasteiger partial charge is 0.468 e. The minimum absolute atomic E-state index is 0.502. The first-order valence-corrected chi connectivity index (χ1v) is 8.26. The maximum Gasteiger partial charge on any atom is 0.122 e. The molecular formula is C17H28N2O. The summed E-state index contributed by atoms with van der Waals surface area (Å²) in [6, 6.07) is 3.50. The topological polar surface area (TPSA) is 28.4 Å². The van der Waals surface area contributed by atoms with E-state index in [1.165, 1.54) is 44.2 Å². The minimum atomic E-state index is 0.502. The standard InChI is InChI=1S/C17H28N2O/c1-13(2)18-11-17-15(8-10-20-17)12-19-9-4-6-14-5-3-7-16(14)19/h8,10,13-14,16,18H,3-7,9,11-12H2,1-2H3. The van der Waals surface area contributed by atoms with Gasteiger partial charge in [-0.15, -0.1) is 0 Å². The molecule has 1 N–H and O–H groups in total. The van der Waals surface area contributed by atoms with E-state index in [4.69, 9.17) is 4.42 Å². The Morgan fingerprint density at radius 2 is 2.15 bits per heavy atom. The van der Waals surface area contributed by atoms with Crippen LogP contribution in [0.25, 0.3) is 0 Å². The van der Waals surface area contributed by atoms with Crippen LogP contribution in [0.5, 0.6) is 0 Å². The quantitative estimate of drug-likeness (QED) is 0.891. The van der Waals surface area contributed by atoms with Gasteiger partial charge in [0.05, 0.1) is 12.8 Å². The van der Waals surface area contributed by atoms with E-state index in [1.54, 1.807) is 0 Å². The van der Waals surface area contributed by atoms with Gasteiger partial charge < -0.3 is 9.73 Å². The second-order valence-electron chi connectivity index (χ2n) is 6.78. The first-order valence-electron chi connectivity index (χ1n) is 8.26. The van der Waals surface area contributed by atoms with E-state index in [0.717, 1.165) is 30.8 Å². The van der Waals surface area contributed by atoms with Gasteiger partial charge in [0.15, 0.2) is 0 Å². The van der Waals surface area contributed by atoms with Crippen molar-refractivity contribution in [1.82, 2.24) is 10.2 Å². The number of nitrogens with zero attached hydrogens (tertiary/aromatic N) is 1. The van der Waals surface area contributed by atoms with E-state index in [1.807, 2.05) is 6.26 Å². The molecule has 1 aliphatic carbocycles. The molecule has 1 saturated carbocycles. The molecular weight excluding hydrogens is 248 g/mol. The van der Waals surface area contributed by atoms with Crippen molar-refractivity contribution in [3.8, 4) is 0 Å². The molecule has 3 nitrogen and oxygen atoms in total. The third-order valence-electron chi connectivity index (χ3n) is 4.99. The van der Waals surface area contributed by atoms with Crippen molar-refractivity contribution >= 4 is 0 Å². The number of likely N-dealkylation sites (tertiary alicyclic amines) is 1. The Morgan fingerprint density at radius 3 is 3.00 bits per heavy atom. The average Bonchev–Trinajstić information content (AvgIpc) is 3.05. The monoisotopic (exact) mass is 276 g/mol. The molecule has 1 aromatic rings. The molecule has 0 radical (unpaired) electrons. The summed E-state index contributed by atoms with van der Waals surface area (Å²) in [4.78, 5) is 2.71. The van der Waals surface area contributed by atoms with Crippen LogP contribution >= 0.6 is 0 Å². The van der Waals surface area contributed by atoms with E-state index in [2.05, 4.69) is 30.1 Å². The Kier molecular flexibility index (Phi) is 4.47. The van der Waals surface area contributed by atoms with E-state index < -0.39 is 0 Å². The summed E-state index contributed by atoms with van der Waals surface area (Å²) in [5, 5.41) is 3.46. The summed E-state index contributed by atoms with van der Waals surface area (Å²) in [6.07, 6.45) is 8.96. The molecule has 2 unspecified atom stereocenters. The van der Waals surface area contributed by atoms with E-state index in [-0.39, 0.29) is 0 Å². The zero-order valence-corrected chi connectivity index (χ0v) is 12.9. The van der Waals surface area contributed by atoms with Crippen LogP contribution in [0.3, 0.4) is 0 Å². The first-order chi connectivity index (χ1) is 9.74. The molecule has 112 valence electrons. The van der Waals surface area contributed by atoms with Crippen molar-refractivity contribution in [2.75, 3.05) is 6.54 Å². The molecule has 0 bridgehead atoms. The molecule has 3 rings (SSSR count). The smallest absolute Gasteiger partial charge is 0.122 e. The van der Waals surface area contributed by atoms with Gasteiger partial charge in [-0.1, -0.05) is 20.3 Å². The van der Waals surface area contributed by atoms with Gasteiger partial charge >= 0.3 is 0 Å². The third-order valence-corrected chi connectivity index (χ3v) is 4.99. The summed E-state index contributed by atoms with van der Waals surface area (Å²) in [6.45, 7) is 7.55. The van der Waals surface area contributed by atoms with Gasteiger partial charge in [-0.05, 0) is 44.2 Å². The van der Waals surface area contributed by atoms with Gasteiger partial charge in [-0.3, -0.25) is 4.90 Å². The van der Waals surface area contributed by atoms with Crippen LogP contribution in [0.2, 0.25) is 0 Å². The highest BCUT2D eigenvalue weighted by atomic mass is 16.3. The lowest BCUT2D eigenvalue weighted by atomic mass is 9.91. The predicted octanol–water partition coefficient (Wildman–Crippen LogP) is 3.54. The molecule has 1 saturated heterocycles. The van der Waals surface area contributed by atoms with Crippen LogP contribution in [-0.4, -0.2) is 23.5 Å². The number of rotatable bonds is 5. The maximum absolute atomic E-state index is 5.68. The predicted molar refractivity (Wildman–Crippen MR) is 81.5 cm³/mol. The highest BCUT2D eigenvalue weighted by Gasteiger charge is 2.35. The molecule has 1 aromatic heterocycles. The fraction of sp³-hybridized carbons (Fsp3) is 0.765. The number of hydrogen-bond acceptors (Lipinski definition) is 3. The van der Waals surface area contributed by atoms with Crippen molar-refractivity contribution in [2.45, 2.75) is 71.1 Å². The Bertz CT molecular complexity index is 426. The third kappa shape index (κ3) is 3.09. The summed E-state index contributed by atoms with van der Waals surface area (Å²) in [5.74, 6) is 2.09. The van der Waals surface area contributed by atoms with Gasteiger partial charge in [0.2, 0.25) is 0 Å². The molecule has 2 heterocycles. The highest BCUT2D eigenvalue weighted by Crippen LogP contribution is 2.37. The second-order valence-corrected chi connectivity index (χ2v) is 6.78. The lowest BCUT2D eigenvalue weighted by molar-refractivity contribution is 0.105. The molecule has 3 heteroatoms. The minimum Gasteiger partial charge on any atom is -0.468 e. The fourth-order valence-electron chi connectivity index (χ4n) is 3.93. The second kappa shape index (κ2) is 6.31. The van der Waals surface area contributed by atoms with Gasteiger partial charge in [-0.25, -0.2) is 0 Å². The van der Waals surface area contributed by atoms with Crippen LogP contribution in [0.4, 0.5) is 0 Å². The number of hydrogen-bond donors (Lipinski definition) is 1. The van der Waals surface area contributed by atoms with Crippen LogP contribution < -0.4 is 5.32 Å². The Balaban J connectivity index is 1.63. The van der Waals surface area contributed by atoms with E-state index >= 15 is 0 Å².